The average molecular weight is 366 g/mol. The Labute approximate surface area is 150 Å². The van der Waals surface area contributed by atoms with Crippen molar-refractivity contribution >= 4 is 17.6 Å². The van der Waals surface area contributed by atoms with Crippen LogP contribution in [-0.2, 0) is 4.74 Å². The van der Waals surface area contributed by atoms with Crippen molar-refractivity contribution in [1.82, 2.24) is 15.4 Å². The zero-order valence-corrected chi connectivity index (χ0v) is 14.7. The van der Waals surface area contributed by atoms with Crippen LogP contribution < -0.4 is 9.47 Å². The van der Waals surface area contributed by atoms with Crippen LogP contribution in [0, 0.1) is 5.92 Å². The lowest BCUT2D eigenvalue weighted by Crippen LogP contribution is -2.08. The van der Waals surface area contributed by atoms with Crippen molar-refractivity contribution in [2.24, 2.45) is 5.92 Å². The van der Waals surface area contributed by atoms with Crippen LogP contribution in [0.15, 0.2) is 18.2 Å². The number of hydrogen-bond donors (Lipinski definition) is 1. The van der Waals surface area contributed by atoms with Gasteiger partial charge in [0.15, 0.2) is 0 Å². The summed E-state index contributed by atoms with van der Waals surface area (Å²) in [7, 11) is 0. The van der Waals surface area contributed by atoms with E-state index in [0.29, 0.717) is 29.0 Å². The van der Waals surface area contributed by atoms with E-state index in [0.717, 1.165) is 0 Å². The zero-order valence-electron chi connectivity index (χ0n) is 14.0. The van der Waals surface area contributed by atoms with Gasteiger partial charge in [0.1, 0.15) is 11.5 Å². The third-order valence-corrected chi connectivity index (χ3v) is 4.37. The standard InChI is InChI=1S/C17H20ClN3O4/c1-2-23-17(22)15-16(20-21-19-15)25-12-7-8-13(18)14(9-12)24-10-11-5-3-4-6-11/h7-9,11H,2-6,10H2,1H3,(H,19,20,21). The number of H-pyrrole nitrogens is 1. The number of aromatic amines is 1. The summed E-state index contributed by atoms with van der Waals surface area (Å²) in [5, 5.41) is 10.4. The highest BCUT2D eigenvalue weighted by Gasteiger charge is 2.20. The van der Waals surface area contributed by atoms with Crippen molar-refractivity contribution in [2.75, 3.05) is 13.2 Å². The summed E-state index contributed by atoms with van der Waals surface area (Å²) in [4.78, 5) is 11.8. The predicted molar refractivity (Wildman–Crippen MR) is 91.3 cm³/mol. The molecule has 1 aliphatic rings. The highest BCUT2D eigenvalue weighted by atomic mass is 35.5. The molecule has 0 aliphatic heterocycles. The van der Waals surface area contributed by atoms with Gasteiger partial charge in [-0.15, -0.1) is 0 Å². The van der Waals surface area contributed by atoms with Gasteiger partial charge in [-0.05, 0) is 37.8 Å². The van der Waals surface area contributed by atoms with E-state index in [4.69, 9.17) is 25.8 Å². The first-order valence-electron chi connectivity index (χ1n) is 8.35. The van der Waals surface area contributed by atoms with Crippen molar-refractivity contribution in [1.29, 1.82) is 0 Å². The first kappa shape index (κ1) is 17.5. The van der Waals surface area contributed by atoms with Crippen LogP contribution in [0.5, 0.6) is 17.4 Å². The summed E-state index contributed by atoms with van der Waals surface area (Å²) in [6.45, 7) is 2.61. The number of benzene rings is 1. The number of nitrogens with one attached hydrogen (secondary N) is 1. The topological polar surface area (TPSA) is 86.3 Å². The Morgan fingerprint density at radius 3 is 2.92 bits per heavy atom. The predicted octanol–water partition coefficient (Wildman–Crippen LogP) is 4.00. The monoisotopic (exact) mass is 365 g/mol. The fourth-order valence-corrected chi connectivity index (χ4v) is 2.95. The smallest absolute Gasteiger partial charge is 0.362 e. The van der Waals surface area contributed by atoms with Crippen molar-refractivity contribution in [3.05, 3.63) is 28.9 Å². The van der Waals surface area contributed by atoms with Gasteiger partial charge < -0.3 is 14.2 Å². The number of halogens is 1. The minimum atomic E-state index is -0.575. The molecule has 0 atom stereocenters. The SMILES string of the molecule is CCOC(=O)c1[nH]nnc1Oc1ccc(Cl)c(OCC2CCCC2)c1. The number of carbonyl (C=O) groups excluding carboxylic acids is 1. The van der Waals surface area contributed by atoms with Crippen LogP contribution in [-0.4, -0.2) is 34.6 Å². The lowest BCUT2D eigenvalue weighted by Gasteiger charge is -2.13. The molecular weight excluding hydrogens is 346 g/mol. The molecule has 0 bridgehead atoms. The van der Waals surface area contributed by atoms with Gasteiger partial charge in [-0.1, -0.05) is 34.8 Å². The molecule has 2 aromatic rings. The molecule has 0 unspecified atom stereocenters. The van der Waals surface area contributed by atoms with Gasteiger partial charge in [0.25, 0.3) is 5.88 Å². The van der Waals surface area contributed by atoms with Crippen LogP contribution in [0.25, 0.3) is 0 Å². The minimum Gasteiger partial charge on any atom is -0.492 e. The van der Waals surface area contributed by atoms with Gasteiger partial charge in [0.2, 0.25) is 5.69 Å². The Bertz CT molecular complexity index is 728. The molecule has 25 heavy (non-hydrogen) atoms. The van der Waals surface area contributed by atoms with E-state index in [1.54, 1.807) is 25.1 Å². The second-order valence-electron chi connectivity index (χ2n) is 5.87. The number of ether oxygens (including phenoxy) is 3. The van der Waals surface area contributed by atoms with E-state index in [1.807, 2.05) is 0 Å². The third kappa shape index (κ3) is 4.42. The number of aromatic nitrogens is 3. The molecule has 1 saturated carbocycles. The van der Waals surface area contributed by atoms with Crippen LogP contribution in [0.2, 0.25) is 5.02 Å². The van der Waals surface area contributed by atoms with E-state index >= 15 is 0 Å². The molecule has 134 valence electrons. The van der Waals surface area contributed by atoms with Crippen molar-refractivity contribution < 1.29 is 19.0 Å². The van der Waals surface area contributed by atoms with Gasteiger partial charge in [0.05, 0.1) is 18.2 Å². The van der Waals surface area contributed by atoms with E-state index in [1.165, 1.54) is 25.7 Å². The molecular formula is C17H20ClN3O4. The average Bonchev–Trinajstić information content (AvgIpc) is 3.27. The maximum atomic E-state index is 11.8. The van der Waals surface area contributed by atoms with E-state index in [2.05, 4.69) is 15.4 Å². The molecule has 0 saturated heterocycles. The van der Waals surface area contributed by atoms with Gasteiger partial charge in [0, 0.05) is 6.07 Å². The van der Waals surface area contributed by atoms with E-state index in [-0.39, 0.29) is 18.2 Å². The van der Waals surface area contributed by atoms with Crippen LogP contribution in [0.4, 0.5) is 0 Å². The second-order valence-corrected chi connectivity index (χ2v) is 6.28. The molecule has 1 heterocycles. The molecule has 7 nitrogen and oxygen atoms in total. The Morgan fingerprint density at radius 1 is 1.36 bits per heavy atom. The lowest BCUT2D eigenvalue weighted by molar-refractivity contribution is 0.0516. The Kier molecular flexibility index (Phi) is 5.75. The van der Waals surface area contributed by atoms with Crippen molar-refractivity contribution in [2.45, 2.75) is 32.6 Å². The fourth-order valence-electron chi connectivity index (χ4n) is 2.78. The molecule has 1 aliphatic carbocycles. The molecule has 1 N–H and O–H groups in total. The summed E-state index contributed by atoms with van der Waals surface area (Å²) in [6, 6.07) is 5.04. The largest absolute Gasteiger partial charge is 0.492 e. The maximum absolute atomic E-state index is 11.8. The molecule has 0 amide bonds. The Balaban J connectivity index is 1.69. The first-order valence-corrected chi connectivity index (χ1v) is 8.73. The number of nitrogens with zero attached hydrogens (tertiary/aromatic N) is 2. The highest BCUT2D eigenvalue weighted by Crippen LogP contribution is 2.33. The zero-order chi connectivity index (χ0) is 17.6. The first-order chi connectivity index (χ1) is 12.2. The van der Waals surface area contributed by atoms with Crippen LogP contribution >= 0.6 is 11.6 Å². The van der Waals surface area contributed by atoms with Gasteiger partial charge in [-0.25, -0.2) is 9.89 Å². The van der Waals surface area contributed by atoms with Crippen molar-refractivity contribution in [3.8, 4) is 17.4 Å². The summed E-state index contributed by atoms with van der Waals surface area (Å²) in [5.41, 5.74) is 0.0604. The third-order valence-electron chi connectivity index (χ3n) is 4.06. The summed E-state index contributed by atoms with van der Waals surface area (Å²) in [6.07, 6.45) is 4.90. The molecule has 1 fully saturated rings. The van der Waals surface area contributed by atoms with Crippen LogP contribution in [0.1, 0.15) is 43.1 Å². The molecule has 1 aromatic heterocycles. The Hall–Kier alpha value is -2.28. The maximum Gasteiger partial charge on any atom is 0.362 e. The summed E-state index contributed by atoms with van der Waals surface area (Å²) >= 11 is 6.20. The molecule has 1 aromatic carbocycles. The highest BCUT2D eigenvalue weighted by molar-refractivity contribution is 6.32. The molecule has 8 heteroatoms. The van der Waals surface area contributed by atoms with E-state index in [9.17, 15) is 4.79 Å². The number of hydrogen-bond acceptors (Lipinski definition) is 6. The number of rotatable bonds is 7. The lowest BCUT2D eigenvalue weighted by atomic mass is 10.1. The molecule has 3 rings (SSSR count). The van der Waals surface area contributed by atoms with E-state index < -0.39 is 5.97 Å². The second kappa shape index (κ2) is 8.20. The van der Waals surface area contributed by atoms with Gasteiger partial charge >= 0.3 is 5.97 Å². The van der Waals surface area contributed by atoms with Crippen molar-refractivity contribution in [3.63, 3.8) is 0 Å². The number of esters is 1. The van der Waals surface area contributed by atoms with Gasteiger partial charge in [-0.2, -0.15) is 0 Å². The molecule has 0 radical (unpaired) electrons. The normalized spacial score (nSPS) is 14.5. The summed E-state index contributed by atoms with van der Waals surface area (Å²) < 4.78 is 16.4. The summed E-state index contributed by atoms with van der Waals surface area (Å²) in [5.74, 6) is 1.04. The van der Waals surface area contributed by atoms with Gasteiger partial charge in [-0.3, -0.25) is 0 Å². The fraction of sp³-hybridized carbons (Fsp3) is 0.471. The Morgan fingerprint density at radius 2 is 2.16 bits per heavy atom. The van der Waals surface area contributed by atoms with Crippen LogP contribution in [0.3, 0.4) is 0 Å². The minimum absolute atomic E-state index is 0.0440. The molecule has 0 spiro atoms. The quantitative estimate of drug-likeness (QED) is 0.746. The number of carbonyl (C=O) groups is 1.